The quantitative estimate of drug-likeness (QED) is 0.772. The van der Waals surface area contributed by atoms with Crippen molar-refractivity contribution in [1.29, 1.82) is 0 Å². The molecule has 0 aliphatic carbocycles. The molecule has 1 aromatic carbocycles. The van der Waals surface area contributed by atoms with Gasteiger partial charge in [-0.2, -0.15) is 0 Å². The van der Waals surface area contributed by atoms with E-state index in [-0.39, 0.29) is 5.91 Å². The number of nitrogens with one attached hydrogen (secondary N) is 1. The molecule has 1 amide bonds. The Bertz CT molecular complexity index is 818. The molecule has 4 rings (SSSR count). The van der Waals surface area contributed by atoms with Crippen LogP contribution in [0.25, 0.3) is 11.3 Å². The first kappa shape index (κ1) is 15.0. The first-order chi connectivity index (χ1) is 11.8. The third-order valence-corrected chi connectivity index (χ3v) is 4.95. The molecule has 1 saturated heterocycles. The van der Waals surface area contributed by atoms with E-state index in [0.29, 0.717) is 5.76 Å². The number of aromatic nitrogens is 1. The molecule has 1 fully saturated rings. The third kappa shape index (κ3) is 3.05. The van der Waals surface area contributed by atoms with Crippen LogP contribution in [-0.4, -0.2) is 24.0 Å². The van der Waals surface area contributed by atoms with Gasteiger partial charge in [0.2, 0.25) is 0 Å². The van der Waals surface area contributed by atoms with Gasteiger partial charge in [-0.25, -0.2) is 4.98 Å². The lowest BCUT2D eigenvalue weighted by Gasteiger charge is -2.12. The lowest BCUT2D eigenvalue weighted by molar-refractivity contribution is 0.0996. The summed E-state index contributed by atoms with van der Waals surface area (Å²) in [5.41, 5.74) is 2.76. The zero-order valence-corrected chi connectivity index (χ0v) is 13.9. The van der Waals surface area contributed by atoms with Crippen molar-refractivity contribution in [3.63, 3.8) is 0 Å². The predicted octanol–water partition coefficient (Wildman–Crippen LogP) is 4.26. The smallest absolute Gasteiger partial charge is 0.291 e. The Morgan fingerprint density at radius 1 is 1.17 bits per heavy atom. The highest BCUT2D eigenvalue weighted by Gasteiger charge is 2.16. The summed E-state index contributed by atoms with van der Waals surface area (Å²) in [5, 5.41) is 6.00. The highest BCUT2D eigenvalue weighted by Crippen LogP contribution is 2.30. The van der Waals surface area contributed by atoms with E-state index in [0.717, 1.165) is 35.2 Å². The van der Waals surface area contributed by atoms with Crippen LogP contribution in [0, 0.1) is 0 Å². The highest BCUT2D eigenvalue weighted by atomic mass is 32.1. The van der Waals surface area contributed by atoms with Crippen molar-refractivity contribution in [3.8, 4) is 11.3 Å². The van der Waals surface area contributed by atoms with Crippen LogP contribution >= 0.6 is 11.3 Å². The standard InChI is InChI=1S/C18H17N3O2S/c22-17(16-4-3-11-23-16)19-14-7-5-13(6-8-14)15-12-24-18(20-15)21-9-1-2-10-21/h3-8,11-12H,1-2,9-10H2,(H,19,22). The van der Waals surface area contributed by atoms with Crippen LogP contribution in [0.15, 0.2) is 52.5 Å². The molecule has 0 spiro atoms. The van der Waals surface area contributed by atoms with E-state index in [1.165, 1.54) is 19.1 Å². The van der Waals surface area contributed by atoms with Gasteiger partial charge in [0.25, 0.3) is 5.91 Å². The maximum Gasteiger partial charge on any atom is 0.291 e. The number of hydrogen-bond donors (Lipinski definition) is 1. The number of furan rings is 1. The SMILES string of the molecule is O=C(Nc1ccc(-c2csc(N3CCCC3)n2)cc1)c1ccco1. The highest BCUT2D eigenvalue weighted by molar-refractivity contribution is 7.14. The van der Waals surface area contributed by atoms with E-state index >= 15 is 0 Å². The minimum atomic E-state index is -0.252. The Kier molecular flexibility index (Phi) is 4.04. The fourth-order valence-corrected chi connectivity index (χ4v) is 3.66. The zero-order valence-electron chi connectivity index (χ0n) is 13.1. The van der Waals surface area contributed by atoms with Crippen molar-refractivity contribution in [2.24, 2.45) is 0 Å². The number of thiazole rings is 1. The summed E-state index contributed by atoms with van der Waals surface area (Å²) in [5.74, 6) is 0.0477. The first-order valence-electron chi connectivity index (χ1n) is 7.95. The number of carbonyl (C=O) groups is 1. The number of carbonyl (C=O) groups excluding carboxylic acids is 1. The molecule has 3 aromatic rings. The van der Waals surface area contributed by atoms with Crippen LogP contribution in [0.5, 0.6) is 0 Å². The van der Waals surface area contributed by atoms with Crippen molar-refractivity contribution >= 4 is 28.1 Å². The molecule has 1 aliphatic rings. The van der Waals surface area contributed by atoms with Crippen LogP contribution in [0.1, 0.15) is 23.4 Å². The monoisotopic (exact) mass is 339 g/mol. The van der Waals surface area contributed by atoms with Gasteiger partial charge < -0.3 is 14.6 Å². The summed E-state index contributed by atoms with van der Waals surface area (Å²) in [4.78, 5) is 19.0. The fraction of sp³-hybridized carbons (Fsp3) is 0.222. The molecular weight excluding hydrogens is 322 g/mol. The average molecular weight is 339 g/mol. The van der Waals surface area contributed by atoms with Gasteiger partial charge in [0.1, 0.15) is 0 Å². The van der Waals surface area contributed by atoms with Crippen LogP contribution in [-0.2, 0) is 0 Å². The number of anilines is 2. The summed E-state index contributed by atoms with van der Waals surface area (Å²) < 4.78 is 5.09. The molecule has 0 radical (unpaired) electrons. The van der Waals surface area contributed by atoms with Gasteiger partial charge in [0.15, 0.2) is 10.9 Å². The van der Waals surface area contributed by atoms with Crippen LogP contribution < -0.4 is 10.2 Å². The number of amides is 1. The fourth-order valence-electron chi connectivity index (χ4n) is 2.78. The molecule has 2 aromatic heterocycles. The van der Waals surface area contributed by atoms with Crippen LogP contribution in [0.3, 0.4) is 0 Å². The predicted molar refractivity (Wildman–Crippen MR) is 95.7 cm³/mol. The normalized spacial score (nSPS) is 14.1. The van der Waals surface area contributed by atoms with Crippen molar-refractivity contribution in [2.75, 3.05) is 23.3 Å². The second kappa shape index (κ2) is 6.49. The summed E-state index contributed by atoms with van der Waals surface area (Å²) >= 11 is 1.69. The second-order valence-electron chi connectivity index (χ2n) is 5.72. The van der Waals surface area contributed by atoms with Crippen molar-refractivity contribution in [2.45, 2.75) is 12.8 Å². The van der Waals surface area contributed by atoms with Gasteiger partial charge in [-0.3, -0.25) is 4.79 Å². The zero-order chi connectivity index (χ0) is 16.4. The molecule has 6 heteroatoms. The molecule has 5 nitrogen and oxygen atoms in total. The largest absolute Gasteiger partial charge is 0.459 e. The number of rotatable bonds is 4. The lowest BCUT2D eigenvalue weighted by atomic mass is 10.1. The number of benzene rings is 1. The van der Waals surface area contributed by atoms with Crippen LogP contribution in [0.4, 0.5) is 10.8 Å². The molecular formula is C18H17N3O2S. The maximum atomic E-state index is 12.0. The van der Waals surface area contributed by atoms with Crippen molar-refractivity contribution in [3.05, 3.63) is 53.8 Å². The van der Waals surface area contributed by atoms with E-state index in [1.54, 1.807) is 23.5 Å². The first-order valence-corrected chi connectivity index (χ1v) is 8.83. The Hall–Kier alpha value is -2.60. The van der Waals surface area contributed by atoms with E-state index < -0.39 is 0 Å². The van der Waals surface area contributed by atoms with E-state index in [4.69, 9.17) is 9.40 Å². The second-order valence-corrected chi connectivity index (χ2v) is 6.55. The molecule has 24 heavy (non-hydrogen) atoms. The van der Waals surface area contributed by atoms with Gasteiger partial charge in [0, 0.05) is 29.7 Å². The van der Waals surface area contributed by atoms with Crippen LogP contribution in [0.2, 0.25) is 0 Å². The molecule has 1 N–H and O–H groups in total. The van der Waals surface area contributed by atoms with Gasteiger partial charge in [0.05, 0.1) is 12.0 Å². The Morgan fingerprint density at radius 3 is 2.67 bits per heavy atom. The topological polar surface area (TPSA) is 58.4 Å². The Labute approximate surface area is 143 Å². The van der Waals surface area contributed by atoms with Gasteiger partial charge in [-0.05, 0) is 37.1 Å². The molecule has 122 valence electrons. The minimum absolute atomic E-state index is 0.252. The van der Waals surface area contributed by atoms with E-state index in [2.05, 4.69) is 15.6 Å². The number of hydrogen-bond acceptors (Lipinski definition) is 5. The molecule has 0 atom stereocenters. The summed E-state index contributed by atoms with van der Waals surface area (Å²) in [6.45, 7) is 2.20. The summed E-state index contributed by atoms with van der Waals surface area (Å²) in [6.07, 6.45) is 3.98. The van der Waals surface area contributed by atoms with Gasteiger partial charge >= 0.3 is 0 Å². The van der Waals surface area contributed by atoms with Crippen molar-refractivity contribution < 1.29 is 9.21 Å². The maximum absolute atomic E-state index is 12.0. The average Bonchev–Trinajstić information content (AvgIpc) is 3.35. The molecule has 0 saturated carbocycles. The number of nitrogens with zero attached hydrogens (tertiary/aromatic N) is 2. The van der Waals surface area contributed by atoms with E-state index in [1.807, 2.05) is 24.3 Å². The summed E-state index contributed by atoms with van der Waals surface area (Å²) in [6, 6.07) is 11.0. The molecule has 0 bridgehead atoms. The van der Waals surface area contributed by atoms with Gasteiger partial charge in [-0.1, -0.05) is 12.1 Å². The van der Waals surface area contributed by atoms with E-state index in [9.17, 15) is 4.79 Å². The molecule has 0 unspecified atom stereocenters. The van der Waals surface area contributed by atoms with Crippen molar-refractivity contribution in [1.82, 2.24) is 4.98 Å². The third-order valence-electron chi connectivity index (χ3n) is 4.05. The minimum Gasteiger partial charge on any atom is -0.459 e. The van der Waals surface area contributed by atoms with Gasteiger partial charge in [-0.15, -0.1) is 11.3 Å². The molecule has 1 aliphatic heterocycles. The molecule has 3 heterocycles. The summed E-state index contributed by atoms with van der Waals surface area (Å²) in [7, 11) is 0. The Balaban J connectivity index is 1.46. The Morgan fingerprint density at radius 2 is 1.96 bits per heavy atom. The lowest BCUT2D eigenvalue weighted by Crippen LogP contribution is -2.17.